The Hall–Kier alpha value is -2.51. The Kier molecular flexibility index (Phi) is 5.57. The largest absolute Gasteiger partial charge is 0.480 e. The van der Waals surface area contributed by atoms with Gasteiger partial charge in [-0.05, 0) is 18.6 Å². The summed E-state index contributed by atoms with van der Waals surface area (Å²) in [5.74, 6) is -3.24. The van der Waals surface area contributed by atoms with E-state index in [1.54, 1.807) is 0 Å². The van der Waals surface area contributed by atoms with E-state index >= 15 is 0 Å². The molecule has 0 aliphatic rings. The Morgan fingerprint density at radius 3 is 2.65 bits per heavy atom. The summed E-state index contributed by atoms with van der Waals surface area (Å²) in [6.07, 6.45) is 0.582. The number of nitrogens with zero attached hydrogens (tertiary/aromatic N) is 1. The van der Waals surface area contributed by atoms with Crippen LogP contribution in [0.25, 0.3) is 0 Å². The molecular formula is C12H13FN2O5. The Bertz CT molecular complexity index is 503. The van der Waals surface area contributed by atoms with Crippen molar-refractivity contribution in [3.8, 4) is 0 Å². The molecule has 0 spiro atoms. The van der Waals surface area contributed by atoms with Crippen LogP contribution in [0.4, 0.5) is 4.39 Å². The van der Waals surface area contributed by atoms with Gasteiger partial charge >= 0.3 is 11.9 Å². The highest BCUT2D eigenvalue weighted by atomic mass is 19.1. The van der Waals surface area contributed by atoms with Crippen LogP contribution in [-0.4, -0.2) is 41.1 Å². The number of halogens is 1. The summed E-state index contributed by atoms with van der Waals surface area (Å²) in [6, 6.07) is 0.907. The average molecular weight is 284 g/mol. The zero-order valence-corrected chi connectivity index (χ0v) is 10.6. The van der Waals surface area contributed by atoms with Gasteiger partial charge in [0.15, 0.2) is 0 Å². The van der Waals surface area contributed by atoms with Gasteiger partial charge in [0.25, 0.3) is 5.91 Å². The van der Waals surface area contributed by atoms with Crippen molar-refractivity contribution < 1.29 is 28.6 Å². The van der Waals surface area contributed by atoms with Gasteiger partial charge < -0.3 is 15.2 Å². The second-order valence-corrected chi connectivity index (χ2v) is 3.84. The number of aliphatic carboxylic acids is 1. The molecule has 0 saturated carbocycles. The molecule has 1 heterocycles. The highest BCUT2D eigenvalue weighted by Gasteiger charge is 2.22. The molecule has 0 aliphatic carbocycles. The molecule has 0 aliphatic heterocycles. The number of carboxylic acid groups (broad SMARTS) is 1. The molecule has 0 saturated heterocycles. The van der Waals surface area contributed by atoms with Crippen LogP contribution >= 0.6 is 0 Å². The van der Waals surface area contributed by atoms with E-state index in [1.165, 1.54) is 7.11 Å². The maximum atomic E-state index is 12.6. The third kappa shape index (κ3) is 4.63. The van der Waals surface area contributed by atoms with Gasteiger partial charge in [0.1, 0.15) is 17.6 Å². The fraction of sp³-hybridized carbons (Fsp3) is 0.333. The van der Waals surface area contributed by atoms with Gasteiger partial charge in [-0.25, -0.2) is 14.2 Å². The molecule has 8 heteroatoms. The number of carbonyl (C=O) groups excluding carboxylic acids is 2. The Balaban J connectivity index is 2.65. The lowest BCUT2D eigenvalue weighted by atomic mass is 10.1. The molecule has 2 N–H and O–H groups in total. The van der Waals surface area contributed by atoms with Gasteiger partial charge in [-0.2, -0.15) is 0 Å². The number of hydrogen-bond donors (Lipinski definition) is 2. The first-order chi connectivity index (χ1) is 9.43. The van der Waals surface area contributed by atoms with Crippen LogP contribution in [0.3, 0.4) is 0 Å². The van der Waals surface area contributed by atoms with Crippen molar-refractivity contribution in [3.05, 3.63) is 29.8 Å². The number of nitrogens with one attached hydrogen (secondary N) is 1. The number of methoxy groups -OCH3 is 1. The summed E-state index contributed by atoms with van der Waals surface area (Å²) < 4.78 is 17.0. The monoisotopic (exact) mass is 284 g/mol. The van der Waals surface area contributed by atoms with Crippen LogP contribution in [0, 0.1) is 5.82 Å². The number of aromatic nitrogens is 1. The van der Waals surface area contributed by atoms with E-state index in [0.29, 0.717) is 0 Å². The lowest BCUT2D eigenvalue weighted by molar-refractivity contribution is -0.142. The zero-order valence-electron chi connectivity index (χ0n) is 10.6. The lowest BCUT2D eigenvalue weighted by Gasteiger charge is -2.13. The van der Waals surface area contributed by atoms with E-state index in [-0.39, 0.29) is 18.5 Å². The first-order valence-electron chi connectivity index (χ1n) is 5.66. The first kappa shape index (κ1) is 15.5. The Morgan fingerprint density at radius 2 is 2.15 bits per heavy atom. The van der Waals surface area contributed by atoms with Crippen molar-refractivity contribution in [2.45, 2.75) is 18.9 Å². The molecule has 0 unspecified atom stereocenters. The van der Waals surface area contributed by atoms with Crippen molar-refractivity contribution in [2.24, 2.45) is 0 Å². The summed E-state index contributed by atoms with van der Waals surface area (Å²) in [5.41, 5.74) is -0.115. The minimum Gasteiger partial charge on any atom is -0.480 e. The van der Waals surface area contributed by atoms with Crippen LogP contribution < -0.4 is 5.32 Å². The fourth-order valence-corrected chi connectivity index (χ4v) is 1.36. The SMILES string of the molecule is COC(=O)CC[C@H](NC(=O)c1ccc(F)cn1)C(=O)O. The maximum absolute atomic E-state index is 12.6. The van der Waals surface area contributed by atoms with E-state index in [2.05, 4.69) is 15.0 Å². The van der Waals surface area contributed by atoms with E-state index in [1.807, 2.05) is 0 Å². The molecule has 7 nitrogen and oxygen atoms in total. The molecule has 108 valence electrons. The number of ether oxygens (including phenoxy) is 1. The summed E-state index contributed by atoms with van der Waals surface area (Å²) in [4.78, 5) is 37.2. The van der Waals surface area contributed by atoms with E-state index in [0.717, 1.165) is 18.3 Å². The number of esters is 1. The van der Waals surface area contributed by atoms with E-state index < -0.39 is 29.7 Å². The van der Waals surface area contributed by atoms with Crippen molar-refractivity contribution in [1.29, 1.82) is 0 Å². The van der Waals surface area contributed by atoms with Gasteiger partial charge in [0, 0.05) is 6.42 Å². The van der Waals surface area contributed by atoms with Gasteiger partial charge in [-0.1, -0.05) is 0 Å². The Labute approximate surface area is 113 Å². The summed E-state index contributed by atoms with van der Waals surface area (Å²) >= 11 is 0. The molecule has 1 amide bonds. The normalized spacial score (nSPS) is 11.5. The minimum atomic E-state index is -1.29. The summed E-state index contributed by atoms with van der Waals surface area (Å²) in [6.45, 7) is 0. The zero-order chi connectivity index (χ0) is 15.1. The second-order valence-electron chi connectivity index (χ2n) is 3.84. The second kappa shape index (κ2) is 7.17. The number of carboxylic acids is 1. The first-order valence-corrected chi connectivity index (χ1v) is 5.66. The quantitative estimate of drug-likeness (QED) is 0.730. The molecular weight excluding hydrogens is 271 g/mol. The molecule has 20 heavy (non-hydrogen) atoms. The van der Waals surface area contributed by atoms with Crippen LogP contribution in [0.2, 0.25) is 0 Å². The fourth-order valence-electron chi connectivity index (χ4n) is 1.36. The standard InChI is InChI=1S/C12H13FN2O5/c1-20-10(16)5-4-9(12(18)19)15-11(17)8-3-2-7(13)6-14-8/h2-3,6,9H,4-5H2,1H3,(H,15,17)(H,18,19)/t9-/m0/s1. The molecule has 0 radical (unpaired) electrons. The van der Waals surface area contributed by atoms with Gasteiger partial charge in [-0.3, -0.25) is 9.59 Å². The Morgan fingerprint density at radius 1 is 1.45 bits per heavy atom. The van der Waals surface area contributed by atoms with Crippen LogP contribution in [0.5, 0.6) is 0 Å². The smallest absolute Gasteiger partial charge is 0.326 e. The van der Waals surface area contributed by atoms with E-state index in [4.69, 9.17) is 5.11 Å². The van der Waals surface area contributed by atoms with Gasteiger partial charge in [0.05, 0.1) is 13.3 Å². The molecule has 0 aromatic carbocycles. The van der Waals surface area contributed by atoms with Crippen LogP contribution in [0.1, 0.15) is 23.3 Å². The highest BCUT2D eigenvalue weighted by Crippen LogP contribution is 2.03. The summed E-state index contributed by atoms with van der Waals surface area (Å²) in [5, 5.41) is 11.2. The number of hydrogen-bond acceptors (Lipinski definition) is 5. The average Bonchev–Trinajstić information content (AvgIpc) is 2.43. The molecule has 1 aromatic heterocycles. The molecule has 1 aromatic rings. The third-order valence-electron chi connectivity index (χ3n) is 2.43. The third-order valence-corrected chi connectivity index (χ3v) is 2.43. The van der Waals surface area contributed by atoms with Gasteiger partial charge in [0.2, 0.25) is 0 Å². The summed E-state index contributed by atoms with van der Waals surface area (Å²) in [7, 11) is 1.18. The predicted molar refractivity (Wildman–Crippen MR) is 64.3 cm³/mol. The number of rotatable bonds is 6. The molecule has 1 atom stereocenters. The van der Waals surface area contributed by atoms with Crippen molar-refractivity contribution in [2.75, 3.05) is 7.11 Å². The van der Waals surface area contributed by atoms with Crippen molar-refractivity contribution >= 4 is 17.8 Å². The lowest BCUT2D eigenvalue weighted by Crippen LogP contribution is -2.41. The number of carbonyl (C=O) groups is 3. The van der Waals surface area contributed by atoms with E-state index in [9.17, 15) is 18.8 Å². The maximum Gasteiger partial charge on any atom is 0.326 e. The topological polar surface area (TPSA) is 106 Å². The molecule has 0 bridgehead atoms. The number of pyridine rings is 1. The van der Waals surface area contributed by atoms with Crippen LogP contribution in [0.15, 0.2) is 18.3 Å². The predicted octanol–water partition coefficient (Wildman–Crippen LogP) is 0.357. The van der Waals surface area contributed by atoms with Crippen molar-refractivity contribution in [1.82, 2.24) is 10.3 Å². The van der Waals surface area contributed by atoms with Gasteiger partial charge in [-0.15, -0.1) is 0 Å². The molecule has 0 fully saturated rings. The molecule has 1 rings (SSSR count). The van der Waals surface area contributed by atoms with Crippen molar-refractivity contribution in [3.63, 3.8) is 0 Å². The minimum absolute atomic E-state index is 0.115. The van der Waals surface area contributed by atoms with Crippen LogP contribution in [-0.2, 0) is 14.3 Å². The number of amides is 1. The highest BCUT2D eigenvalue weighted by molar-refractivity contribution is 5.94.